The van der Waals surface area contributed by atoms with Gasteiger partial charge in [-0.1, -0.05) is 0 Å². The zero-order valence-electron chi connectivity index (χ0n) is 7.37. The molecule has 1 rings (SSSR count). The minimum Gasteiger partial charge on any atom is -0.478 e. The summed E-state index contributed by atoms with van der Waals surface area (Å²) >= 11 is 2.50. The van der Waals surface area contributed by atoms with Gasteiger partial charge in [0.2, 0.25) is 10.0 Å². The Morgan fingerprint density at radius 1 is 1.38 bits per heavy atom. The van der Waals surface area contributed by atoms with Crippen LogP contribution in [0.1, 0.15) is 10.4 Å². The van der Waals surface area contributed by atoms with Crippen LogP contribution in [0.5, 0.6) is 0 Å². The molecule has 0 atom stereocenters. The smallest absolute Gasteiger partial charge is 0.336 e. The molecule has 0 saturated heterocycles. The predicted molar refractivity (Wildman–Crippen MR) is 52.4 cm³/mol. The maximum Gasteiger partial charge on any atom is 0.336 e. The summed E-state index contributed by atoms with van der Waals surface area (Å²) in [6.07, 6.45) is 0. The van der Waals surface area contributed by atoms with E-state index < -0.39 is 42.6 Å². The van der Waals surface area contributed by atoms with Crippen LogP contribution in [0.15, 0.2) is 15.4 Å². The third kappa shape index (κ3) is 2.20. The molecule has 0 aliphatic carbocycles. The maximum atomic E-state index is 13.1. The van der Waals surface area contributed by atoms with Crippen LogP contribution in [0.3, 0.4) is 0 Å². The molecule has 1 aromatic carbocycles. The van der Waals surface area contributed by atoms with Gasteiger partial charge in [0.15, 0.2) is 11.6 Å². The Labute approximate surface area is 97.1 Å². The van der Waals surface area contributed by atoms with E-state index >= 15 is 0 Å². The second kappa shape index (κ2) is 4.07. The van der Waals surface area contributed by atoms with Crippen LogP contribution in [0.2, 0.25) is 0 Å². The molecule has 0 aliphatic rings. The third-order valence-corrected chi connectivity index (χ3v) is 3.34. The first kappa shape index (κ1) is 13.0. The summed E-state index contributed by atoms with van der Waals surface area (Å²) in [6, 6.07) is 0.445. The highest BCUT2D eigenvalue weighted by molar-refractivity contribution is 9.10. The highest BCUT2D eigenvalue weighted by Crippen LogP contribution is 2.27. The number of carboxylic acid groups (broad SMARTS) is 1. The van der Waals surface area contributed by atoms with E-state index in [2.05, 4.69) is 21.1 Å². The van der Waals surface area contributed by atoms with Crippen molar-refractivity contribution in [2.45, 2.75) is 4.90 Å². The summed E-state index contributed by atoms with van der Waals surface area (Å²) in [5.74, 6) is -4.96. The molecular formula is C7H4BrF2NO4S. The molecule has 0 fully saturated rings. The summed E-state index contributed by atoms with van der Waals surface area (Å²) < 4.78 is 47.3. The first-order valence-electron chi connectivity index (χ1n) is 3.60. The van der Waals surface area contributed by atoms with Gasteiger partial charge in [0.1, 0.15) is 4.90 Å². The number of nitrogens with two attached hydrogens (primary N) is 1. The molecule has 16 heavy (non-hydrogen) atoms. The fourth-order valence-corrected chi connectivity index (χ4v) is 2.02. The quantitative estimate of drug-likeness (QED) is 0.798. The van der Waals surface area contributed by atoms with Crippen LogP contribution in [-0.2, 0) is 10.0 Å². The van der Waals surface area contributed by atoms with Crippen molar-refractivity contribution in [3.8, 4) is 0 Å². The first-order valence-corrected chi connectivity index (χ1v) is 5.93. The second-order valence-corrected chi connectivity index (χ2v) is 5.04. The highest BCUT2D eigenvalue weighted by atomic mass is 79.9. The summed E-state index contributed by atoms with van der Waals surface area (Å²) in [4.78, 5) is 9.41. The van der Waals surface area contributed by atoms with Crippen molar-refractivity contribution in [1.29, 1.82) is 0 Å². The van der Waals surface area contributed by atoms with Crippen molar-refractivity contribution in [2.75, 3.05) is 0 Å². The minimum absolute atomic E-state index is 0.445. The van der Waals surface area contributed by atoms with Crippen molar-refractivity contribution >= 4 is 31.9 Å². The number of hydrogen-bond donors (Lipinski definition) is 2. The van der Waals surface area contributed by atoms with Gasteiger partial charge in [0.05, 0.1) is 10.0 Å². The number of sulfonamides is 1. The fourth-order valence-electron chi connectivity index (χ4n) is 0.943. The van der Waals surface area contributed by atoms with Gasteiger partial charge >= 0.3 is 5.97 Å². The average Bonchev–Trinajstić information content (AvgIpc) is 2.11. The van der Waals surface area contributed by atoms with Crippen molar-refractivity contribution in [2.24, 2.45) is 5.14 Å². The van der Waals surface area contributed by atoms with Gasteiger partial charge in [0, 0.05) is 0 Å². The Kier molecular flexibility index (Phi) is 3.31. The average molecular weight is 316 g/mol. The van der Waals surface area contributed by atoms with Gasteiger partial charge < -0.3 is 5.11 Å². The molecule has 0 radical (unpaired) electrons. The lowest BCUT2D eigenvalue weighted by molar-refractivity contribution is 0.0694. The van der Waals surface area contributed by atoms with Crippen molar-refractivity contribution in [3.63, 3.8) is 0 Å². The van der Waals surface area contributed by atoms with Gasteiger partial charge in [-0.05, 0) is 22.0 Å². The number of halogens is 3. The lowest BCUT2D eigenvalue weighted by atomic mass is 10.2. The molecule has 0 spiro atoms. The van der Waals surface area contributed by atoms with Crippen molar-refractivity contribution < 1.29 is 27.1 Å². The molecular weight excluding hydrogens is 312 g/mol. The van der Waals surface area contributed by atoms with Crippen LogP contribution >= 0.6 is 15.9 Å². The Morgan fingerprint density at radius 2 is 1.88 bits per heavy atom. The number of carbonyl (C=O) groups is 1. The van der Waals surface area contributed by atoms with E-state index in [0.717, 1.165) is 0 Å². The standard InChI is InChI=1S/C7H4BrF2NO4S/c8-4-2(7(12)13)1-3(16(11,14)15)5(9)6(4)10/h1H,(H,12,13)(H2,11,14,15). The number of benzene rings is 1. The summed E-state index contributed by atoms with van der Waals surface area (Å²) in [7, 11) is -4.53. The van der Waals surface area contributed by atoms with Gasteiger partial charge in [0.25, 0.3) is 0 Å². The Morgan fingerprint density at radius 3 is 2.25 bits per heavy atom. The largest absolute Gasteiger partial charge is 0.478 e. The molecule has 0 amide bonds. The van der Waals surface area contributed by atoms with E-state index in [0.29, 0.717) is 6.07 Å². The van der Waals surface area contributed by atoms with Gasteiger partial charge in [-0.2, -0.15) is 0 Å². The normalized spacial score (nSPS) is 11.5. The molecule has 3 N–H and O–H groups in total. The number of aromatic carboxylic acids is 1. The van der Waals surface area contributed by atoms with Crippen LogP contribution in [-0.4, -0.2) is 19.5 Å². The molecule has 0 heterocycles. The number of hydrogen-bond acceptors (Lipinski definition) is 3. The number of carboxylic acids is 1. The number of primary sulfonamides is 1. The lowest BCUT2D eigenvalue weighted by Crippen LogP contribution is -2.17. The molecule has 0 saturated carbocycles. The van der Waals surface area contributed by atoms with E-state index in [1.807, 2.05) is 0 Å². The van der Waals surface area contributed by atoms with Gasteiger partial charge in [-0.3, -0.25) is 0 Å². The van der Waals surface area contributed by atoms with Crippen LogP contribution in [0.4, 0.5) is 8.78 Å². The maximum absolute atomic E-state index is 13.1. The predicted octanol–water partition coefficient (Wildman–Crippen LogP) is 1.07. The topological polar surface area (TPSA) is 97.5 Å². The Bertz CT molecular complexity index is 572. The van der Waals surface area contributed by atoms with Crippen LogP contribution < -0.4 is 5.14 Å². The molecule has 88 valence electrons. The SMILES string of the molecule is NS(=O)(=O)c1cc(C(=O)O)c(Br)c(F)c1F. The van der Waals surface area contributed by atoms with Crippen molar-refractivity contribution in [1.82, 2.24) is 0 Å². The Hall–Kier alpha value is -1.06. The summed E-state index contributed by atoms with van der Waals surface area (Å²) in [6.45, 7) is 0. The van der Waals surface area contributed by atoms with E-state index in [1.165, 1.54) is 0 Å². The zero-order valence-corrected chi connectivity index (χ0v) is 9.77. The first-order chi connectivity index (χ1) is 7.16. The summed E-state index contributed by atoms with van der Waals surface area (Å²) in [5, 5.41) is 13.2. The van der Waals surface area contributed by atoms with E-state index in [1.54, 1.807) is 0 Å². The highest BCUT2D eigenvalue weighted by Gasteiger charge is 2.25. The zero-order chi connectivity index (χ0) is 12.7. The van der Waals surface area contributed by atoms with Gasteiger partial charge in [-0.15, -0.1) is 0 Å². The summed E-state index contributed by atoms with van der Waals surface area (Å²) in [5.41, 5.74) is -0.733. The molecule has 1 aromatic rings. The molecule has 0 aromatic heterocycles. The lowest BCUT2D eigenvalue weighted by Gasteiger charge is -2.06. The monoisotopic (exact) mass is 315 g/mol. The fraction of sp³-hybridized carbons (Fsp3) is 0. The minimum atomic E-state index is -4.53. The molecule has 0 aliphatic heterocycles. The van der Waals surface area contributed by atoms with Crippen LogP contribution in [0, 0.1) is 11.6 Å². The van der Waals surface area contributed by atoms with E-state index in [9.17, 15) is 22.0 Å². The van der Waals surface area contributed by atoms with Crippen LogP contribution in [0.25, 0.3) is 0 Å². The van der Waals surface area contributed by atoms with Gasteiger partial charge in [-0.25, -0.2) is 27.1 Å². The molecule has 0 unspecified atom stereocenters. The van der Waals surface area contributed by atoms with E-state index in [4.69, 9.17) is 5.11 Å². The number of rotatable bonds is 2. The second-order valence-electron chi connectivity index (χ2n) is 2.71. The van der Waals surface area contributed by atoms with Crippen molar-refractivity contribution in [3.05, 3.63) is 27.7 Å². The molecule has 9 heteroatoms. The van der Waals surface area contributed by atoms with E-state index in [-0.39, 0.29) is 0 Å². The Balaban J connectivity index is 3.74. The third-order valence-electron chi connectivity index (χ3n) is 1.65. The molecule has 5 nitrogen and oxygen atoms in total. The molecule has 0 bridgehead atoms.